The molecule has 3 heteroatoms. The van der Waals surface area contributed by atoms with Gasteiger partial charge >= 0.3 is 0 Å². The molecule has 3 aromatic carbocycles. The van der Waals surface area contributed by atoms with Crippen LogP contribution in [0.4, 0.5) is 13.2 Å². The van der Waals surface area contributed by atoms with Crippen LogP contribution in [-0.4, -0.2) is 0 Å². The SMILES string of the molecule is Fc1ccc2c(c1)C=CC2c1cc(F)cc2c1C=CC2c1ccc(F)c2c1C=CC2. The van der Waals surface area contributed by atoms with E-state index in [9.17, 15) is 13.2 Å². The number of benzene rings is 3. The smallest absolute Gasteiger partial charge is 0.127 e. The molecule has 0 saturated heterocycles. The number of halogens is 3. The van der Waals surface area contributed by atoms with Crippen molar-refractivity contribution in [3.63, 3.8) is 0 Å². The maximum Gasteiger partial charge on any atom is 0.127 e. The lowest BCUT2D eigenvalue weighted by atomic mass is 9.84. The number of allylic oxidation sites excluding steroid dienone is 3. The van der Waals surface area contributed by atoms with Gasteiger partial charge in [0.2, 0.25) is 0 Å². The van der Waals surface area contributed by atoms with E-state index in [1.807, 2.05) is 36.4 Å². The van der Waals surface area contributed by atoms with Crippen LogP contribution in [0.3, 0.4) is 0 Å². The number of rotatable bonds is 2. The molecular formula is C27H17F3. The lowest BCUT2D eigenvalue weighted by molar-refractivity contribution is 0.613. The van der Waals surface area contributed by atoms with E-state index in [2.05, 4.69) is 6.08 Å². The van der Waals surface area contributed by atoms with Gasteiger partial charge < -0.3 is 0 Å². The largest absolute Gasteiger partial charge is 0.207 e. The molecule has 0 aliphatic heterocycles. The lowest BCUT2D eigenvalue weighted by Gasteiger charge is -2.20. The van der Waals surface area contributed by atoms with Crippen LogP contribution in [0.5, 0.6) is 0 Å². The second-order valence-electron chi connectivity index (χ2n) is 8.08. The van der Waals surface area contributed by atoms with Crippen LogP contribution in [0.2, 0.25) is 0 Å². The van der Waals surface area contributed by atoms with Crippen LogP contribution in [0.25, 0.3) is 18.2 Å². The first-order chi connectivity index (χ1) is 14.6. The molecule has 6 rings (SSSR count). The molecule has 2 unspecified atom stereocenters. The second kappa shape index (κ2) is 6.33. The molecule has 3 aromatic rings. The summed E-state index contributed by atoms with van der Waals surface area (Å²) in [4.78, 5) is 0. The van der Waals surface area contributed by atoms with Gasteiger partial charge in [0.15, 0.2) is 0 Å². The first-order valence-corrected chi connectivity index (χ1v) is 10.1. The normalized spacial score (nSPS) is 20.0. The standard InChI is InChI=1S/C27H17F3/c28-16-5-7-18-15(12-16)4-6-20(18)25-13-17(29)14-26-22(8-9-23(25)26)21-10-11-27(30)24-3-1-2-19(21)24/h1-2,4-14,20,22H,3H2. The summed E-state index contributed by atoms with van der Waals surface area (Å²) >= 11 is 0. The molecule has 146 valence electrons. The van der Waals surface area contributed by atoms with Crippen molar-refractivity contribution in [2.75, 3.05) is 0 Å². The first-order valence-electron chi connectivity index (χ1n) is 10.1. The van der Waals surface area contributed by atoms with Crippen LogP contribution >= 0.6 is 0 Å². The van der Waals surface area contributed by atoms with E-state index in [-0.39, 0.29) is 29.3 Å². The summed E-state index contributed by atoms with van der Waals surface area (Å²) in [6, 6.07) is 11.2. The molecule has 0 N–H and O–H groups in total. The second-order valence-corrected chi connectivity index (χ2v) is 8.08. The van der Waals surface area contributed by atoms with Crippen LogP contribution in [0.15, 0.2) is 60.7 Å². The molecule has 0 radical (unpaired) electrons. The molecule has 3 aliphatic carbocycles. The summed E-state index contributed by atoms with van der Waals surface area (Å²) in [7, 11) is 0. The predicted octanol–water partition coefficient (Wildman–Crippen LogP) is 6.99. The molecule has 0 fully saturated rings. The number of hydrogen-bond acceptors (Lipinski definition) is 0. The summed E-state index contributed by atoms with van der Waals surface area (Å²) in [6.07, 6.45) is 12.5. The molecule has 0 bridgehead atoms. The maximum absolute atomic E-state index is 14.8. The van der Waals surface area contributed by atoms with Gasteiger partial charge in [0.05, 0.1) is 0 Å². The molecule has 3 aliphatic rings. The van der Waals surface area contributed by atoms with Crippen molar-refractivity contribution in [1.29, 1.82) is 0 Å². The van der Waals surface area contributed by atoms with Crippen molar-refractivity contribution in [2.24, 2.45) is 0 Å². The number of hydrogen-bond donors (Lipinski definition) is 0. The highest BCUT2D eigenvalue weighted by Crippen LogP contribution is 2.45. The molecule has 0 amide bonds. The maximum atomic E-state index is 14.8. The molecule has 0 nitrogen and oxygen atoms in total. The summed E-state index contributed by atoms with van der Waals surface area (Å²) < 4.78 is 42.6. The van der Waals surface area contributed by atoms with Crippen LogP contribution in [-0.2, 0) is 6.42 Å². The predicted molar refractivity (Wildman–Crippen MR) is 114 cm³/mol. The van der Waals surface area contributed by atoms with Gasteiger partial charge in [-0.3, -0.25) is 0 Å². The fourth-order valence-electron chi connectivity index (χ4n) is 5.11. The highest BCUT2D eigenvalue weighted by atomic mass is 19.1. The first kappa shape index (κ1) is 17.5. The summed E-state index contributed by atoms with van der Waals surface area (Å²) in [6.45, 7) is 0. The Bertz CT molecular complexity index is 1310. The highest BCUT2D eigenvalue weighted by Gasteiger charge is 2.30. The third-order valence-electron chi connectivity index (χ3n) is 6.46. The van der Waals surface area contributed by atoms with E-state index in [0.29, 0.717) is 12.0 Å². The average molecular weight is 398 g/mol. The molecule has 0 saturated carbocycles. The third-order valence-corrected chi connectivity index (χ3v) is 6.46. The van der Waals surface area contributed by atoms with Crippen molar-refractivity contribution < 1.29 is 13.2 Å². The zero-order chi connectivity index (χ0) is 20.4. The Morgan fingerprint density at radius 3 is 2.20 bits per heavy atom. The minimum Gasteiger partial charge on any atom is -0.207 e. The van der Waals surface area contributed by atoms with Gasteiger partial charge in [0.1, 0.15) is 17.5 Å². The van der Waals surface area contributed by atoms with Gasteiger partial charge in [-0.15, -0.1) is 0 Å². The zero-order valence-corrected chi connectivity index (χ0v) is 16.0. The Labute approximate surface area is 172 Å². The van der Waals surface area contributed by atoms with E-state index in [1.165, 1.54) is 18.2 Å². The topological polar surface area (TPSA) is 0 Å². The van der Waals surface area contributed by atoms with Gasteiger partial charge in [-0.05, 0) is 81.3 Å². The van der Waals surface area contributed by atoms with Gasteiger partial charge in [-0.25, -0.2) is 13.2 Å². The van der Waals surface area contributed by atoms with Crippen LogP contribution in [0.1, 0.15) is 56.3 Å². The van der Waals surface area contributed by atoms with Gasteiger partial charge in [0, 0.05) is 11.8 Å². The van der Waals surface area contributed by atoms with E-state index < -0.39 is 0 Å². The quantitative estimate of drug-likeness (QED) is 0.436. The van der Waals surface area contributed by atoms with E-state index in [4.69, 9.17) is 0 Å². The van der Waals surface area contributed by atoms with Crippen molar-refractivity contribution in [1.82, 2.24) is 0 Å². The fourth-order valence-corrected chi connectivity index (χ4v) is 5.11. The van der Waals surface area contributed by atoms with Crippen molar-refractivity contribution in [2.45, 2.75) is 18.3 Å². The molecular weight excluding hydrogens is 381 g/mol. The van der Waals surface area contributed by atoms with Crippen LogP contribution < -0.4 is 0 Å². The third kappa shape index (κ3) is 2.48. The zero-order valence-electron chi connectivity index (χ0n) is 16.0. The van der Waals surface area contributed by atoms with Gasteiger partial charge in [-0.1, -0.05) is 48.6 Å². The van der Waals surface area contributed by atoms with E-state index in [1.54, 1.807) is 18.2 Å². The number of fused-ring (bicyclic) bond motifs is 3. The van der Waals surface area contributed by atoms with Crippen LogP contribution in [0, 0.1) is 17.5 Å². The Hall–Kier alpha value is -3.33. The summed E-state index contributed by atoms with van der Waals surface area (Å²) in [5.74, 6) is -1.00. The molecule has 0 spiro atoms. The minimum atomic E-state index is -0.296. The molecule has 30 heavy (non-hydrogen) atoms. The molecule has 0 aromatic heterocycles. The Morgan fingerprint density at radius 1 is 0.633 bits per heavy atom. The van der Waals surface area contributed by atoms with E-state index in [0.717, 1.165) is 38.9 Å². The fraction of sp³-hybridized carbons (Fsp3) is 0.111. The summed E-state index contributed by atoms with van der Waals surface area (Å²) in [5, 5.41) is 0. The lowest BCUT2D eigenvalue weighted by Crippen LogP contribution is -2.05. The highest BCUT2D eigenvalue weighted by molar-refractivity contribution is 5.75. The Kier molecular flexibility index (Phi) is 3.70. The average Bonchev–Trinajstić information content (AvgIpc) is 3.45. The minimum absolute atomic E-state index is 0.118. The Balaban J connectivity index is 1.49. The molecule has 0 heterocycles. The van der Waals surface area contributed by atoms with E-state index >= 15 is 0 Å². The monoisotopic (exact) mass is 398 g/mol. The summed E-state index contributed by atoms with van der Waals surface area (Å²) in [5.41, 5.74) is 7.18. The van der Waals surface area contributed by atoms with Crippen molar-refractivity contribution in [3.05, 3.63) is 123 Å². The van der Waals surface area contributed by atoms with Crippen molar-refractivity contribution >= 4 is 18.2 Å². The Morgan fingerprint density at radius 2 is 1.37 bits per heavy atom. The molecule has 2 atom stereocenters. The van der Waals surface area contributed by atoms with Gasteiger partial charge in [0.25, 0.3) is 0 Å². The van der Waals surface area contributed by atoms with Gasteiger partial charge in [-0.2, -0.15) is 0 Å². The van der Waals surface area contributed by atoms with Crippen molar-refractivity contribution in [3.8, 4) is 0 Å².